The molecule has 0 fully saturated rings. The van der Waals surface area contributed by atoms with Gasteiger partial charge in [-0.05, 0) is 76.7 Å². The van der Waals surface area contributed by atoms with Crippen molar-refractivity contribution in [1.29, 1.82) is 0 Å². The molecule has 0 atom stereocenters. The highest BCUT2D eigenvalue weighted by Gasteiger charge is 2.08. The molecule has 0 aliphatic heterocycles. The fourth-order valence-corrected chi connectivity index (χ4v) is 3.71. The van der Waals surface area contributed by atoms with Gasteiger partial charge in [0.1, 0.15) is 0 Å². The monoisotopic (exact) mass is 479 g/mol. The van der Waals surface area contributed by atoms with E-state index in [0.717, 1.165) is 20.0 Å². The number of hydrogen-bond donors (Lipinski definition) is 1. The second kappa shape index (κ2) is 8.74. The van der Waals surface area contributed by atoms with Crippen molar-refractivity contribution in [2.24, 2.45) is 0 Å². The molecule has 0 spiro atoms. The topological polar surface area (TPSA) is 29.1 Å². The van der Waals surface area contributed by atoms with E-state index in [-0.39, 0.29) is 5.91 Å². The molecule has 25 heavy (non-hydrogen) atoms. The van der Waals surface area contributed by atoms with Gasteiger partial charge in [-0.1, -0.05) is 35.9 Å². The molecule has 0 aromatic heterocycles. The number of carbonyl (C=O) groups is 1. The Morgan fingerprint density at radius 3 is 2.32 bits per heavy atom. The van der Waals surface area contributed by atoms with Crippen LogP contribution in [0, 0.1) is 3.57 Å². The first-order valence-corrected chi connectivity index (χ1v) is 10.1. The van der Waals surface area contributed by atoms with Crippen LogP contribution in [0.5, 0.6) is 0 Å². The molecule has 0 radical (unpaired) electrons. The van der Waals surface area contributed by atoms with Crippen LogP contribution in [0.2, 0.25) is 5.02 Å². The lowest BCUT2D eigenvalue weighted by Gasteiger charge is -2.08. The van der Waals surface area contributed by atoms with E-state index in [1.165, 1.54) is 10.5 Å². The van der Waals surface area contributed by atoms with E-state index in [9.17, 15) is 4.79 Å². The molecule has 1 amide bonds. The first-order valence-electron chi connectivity index (χ1n) is 7.65. The van der Waals surface area contributed by atoms with Crippen LogP contribution in [0.25, 0.3) is 0 Å². The zero-order chi connectivity index (χ0) is 17.6. The van der Waals surface area contributed by atoms with Crippen LogP contribution < -0.4 is 5.32 Å². The molecule has 0 bridgehead atoms. The van der Waals surface area contributed by atoms with Gasteiger partial charge in [0.2, 0.25) is 0 Å². The number of hydrogen-bond acceptors (Lipinski definition) is 2. The first-order chi connectivity index (χ1) is 12.1. The third kappa shape index (κ3) is 5.23. The van der Waals surface area contributed by atoms with Crippen molar-refractivity contribution in [1.82, 2.24) is 0 Å². The lowest BCUT2D eigenvalue weighted by atomic mass is 10.1. The number of benzene rings is 3. The lowest BCUT2D eigenvalue weighted by Crippen LogP contribution is -2.12. The van der Waals surface area contributed by atoms with Crippen LogP contribution >= 0.6 is 46.0 Å². The van der Waals surface area contributed by atoms with E-state index in [1.54, 1.807) is 11.8 Å². The third-order valence-electron chi connectivity index (χ3n) is 3.56. The summed E-state index contributed by atoms with van der Waals surface area (Å²) in [5.74, 6) is 0.751. The quantitative estimate of drug-likeness (QED) is 0.335. The van der Waals surface area contributed by atoms with Crippen LogP contribution in [0.3, 0.4) is 0 Å². The largest absolute Gasteiger partial charge is 0.321 e. The van der Waals surface area contributed by atoms with Crippen molar-refractivity contribution >= 4 is 57.5 Å². The summed E-state index contributed by atoms with van der Waals surface area (Å²) < 4.78 is 1.02. The summed E-state index contributed by atoms with van der Waals surface area (Å²) in [6, 6.07) is 23.2. The predicted molar refractivity (Wildman–Crippen MR) is 115 cm³/mol. The molecule has 3 rings (SSSR count). The Morgan fingerprint density at radius 2 is 1.64 bits per heavy atom. The number of thioether (sulfide) groups is 1. The van der Waals surface area contributed by atoms with Crippen molar-refractivity contribution in [2.45, 2.75) is 10.6 Å². The number of rotatable bonds is 5. The van der Waals surface area contributed by atoms with Crippen LogP contribution in [-0.2, 0) is 5.75 Å². The van der Waals surface area contributed by atoms with Gasteiger partial charge in [-0.25, -0.2) is 0 Å². The number of anilines is 1. The van der Waals surface area contributed by atoms with Crippen molar-refractivity contribution in [2.75, 3.05) is 5.32 Å². The molecule has 0 unspecified atom stereocenters. The van der Waals surface area contributed by atoms with E-state index in [2.05, 4.69) is 27.9 Å². The predicted octanol–water partition coefficient (Wildman–Crippen LogP) is 6.49. The molecule has 2 nitrogen and oxygen atoms in total. The summed E-state index contributed by atoms with van der Waals surface area (Å²) in [7, 11) is 0. The van der Waals surface area contributed by atoms with Crippen LogP contribution in [0.15, 0.2) is 77.7 Å². The van der Waals surface area contributed by atoms with Crippen molar-refractivity contribution in [3.63, 3.8) is 0 Å². The van der Waals surface area contributed by atoms with Gasteiger partial charge in [-0.3, -0.25) is 4.79 Å². The Labute approximate surface area is 170 Å². The Hall–Kier alpha value is -1.50. The van der Waals surface area contributed by atoms with E-state index < -0.39 is 0 Å². The Kier molecular flexibility index (Phi) is 6.39. The van der Waals surface area contributed by atoms with Crippen molar-refractivity contribution < 1.29 is 4.79 Å². The van der Waals surface area contributed by atoms with Crippen LogP contribution in [0.4, 0.5) is 5.69 Å². The van der Waals surface area contributed by atoms with Gasteiger partial charge in [0.05, 0.1) is 5.69 Å². The van der Waals surface area contributed by atoms with Gasteiger partial charge < -0.3 is 5.32 Å². The van der Waals surface area contributed by atoms with Gasteiger partial charge in [-0.15, -0.1) is 11.8 Å². The fourth-order valence-electron chi connectivity index (χ4n) is 2.21. The molecule has 0 aliphatic carbocycles. The molecular formula is C20H15ClINOS. The number of amides is 1. The number of halogens is 2. The minimum atomic E-state index is -0.0963. The molecule has 0 saturated heterocycles. The molecule has 126 valence electrons. The van der Waals surface area contributed by atoms with E-state index >= 15 is 0 Å². The van der Waals surface area contributed by atoms with Gasteiger partial charge in [-0.2, -0.15) is 0 Å². The number of para-hydroxylation sites is 1. The average molecular weight is 480 g/mol. The fraction of sp³-hybridized carbons (Fsp3) is 0.0500. The molecule has 3 aromatic carbocycles. The lowest BCUT2D eigenvalue weighted by molar-refractivity contribution is 0.102. The Bertz CT molecular complexity index is 866. The Morgan fingerprint density at radius 1 is 0.960 bits per heavy atom. The summed E-state index contributed by atoms with van der Waals surface area (Å²) in [6.07, 6.45) is 0. The van der Waals surface area contributed by atoms with Gasteiger partial charge in [0, 0.05) is 24.8 Å². The van der Waals surface area contributed by atoms with Gasteiger partial charge in [0.15, 0.2) is 0 Å². The normalized spacial score (nSPS) is 10.5. The third-order valence-corrected chi connectivity index (χ3v) is 5.83. The number of nitrogens with one attached hydrogen (secondary N) is 1. The second-order valence-corrected chi connectivity index (χ2v) is 8.02. The first kappa shape index (κ1) is 18.3. The van der Waals surface area contributed by atoms with E-state index in [1.807, 2.05) is 72.8 Å². The Balaban J connectivity index is 1.60. The van der Waals surface area contributed by atoms with Gasteiger partial charge >= 0.3 is 0 Å². The minimum absolute atomic E-state index is 0.0963. The smallest absolute Gasteiger partial charge is 0.255 e. The average Bonchev–Trinajstić information content (AvgIpc) is 2.63. The highest BCUT2D eigenvalue weighted by atomic mass is 127. The highest BCUT2D eigenvalue weighted by Crippen LogP contribution is 2.24. The molecule has 0 aliphatic rings. The summed E-state index contributed by atoms with van der Waals surface area (Å²) in [6.45, 7) is 0. The SMILES string of the molecule is O=C(Nc1ccccc1I)c1ccc(CSc2ccc(Cl)cc2)cc1. The maximum absolute atomic E-state index is 12.4. The molecule has 5 heteroatoms. The molecule has 3 aromatic rings. The van der Waals surface area contributed by atoms with Crippen LogP contribution in [-0.4, -0.2) is 5.91 Å². The van der Waals surface area contributed by atoms with E-state index in [4.69, 9.17) is 11.6 Å². The minimum Gasteiger partial charge on any atom is -0.321 e. The standard InChI is InChI=1S/C20H15ClINOS/c21-16-9-11-17(12-10-16)25-13-14-5-7-15(8-6-14)20(24)23-19-4-2-1-3-18(19)22/h1-12H,13H2,(H,23,24). The highest BCUT2D eigenvalue weighted by molar-refractivity contribution is 14.1. The van der Waals surface area contributed by atoms with Crippen molar-refractivity contribution in [3.05, 3.63) is 92.5 Å². The summed E-state index contributed by atoms with van der Waals surface area (Å²) in [5, 5.41) is 3.69. The molecular weight excluding hydrogens is 465 g/mol. The number of carbonyl (C=O) groups excluding carboxylic acids is 1. The molecule has 0 saturated carbocycles. The zero-order valence-corrected chi connectivity index (χ0v) is 16.9. The summed E-state index contributed by atoms with van der Waals surface area (Å²) in [5.41, 5.74) is 2.65. The molecule has 1 N–H and O–H groups in total. The van der Waals surface area contributed by atoms with Crippen LogP contribution in [0.1, 0.15) is 15.9 Å². The summed E-state index contributed by atoms with van der Waals surface area (Å²) >= 11 is 9.85. The van der Waals surface area contributed by atoms with Crippen molar-refractivity contribution in [3.8, 4) is 0 Å². The zero-order valence-electron chi connectivity index (χ0n) is 13.2. The second-order valence-electron chi connectivity index (χ2n) is 5.37. The maximum Gasteiger partial charge on any atom is 0.255 e. The van der Waals surface area contributed by atoms with Gasteiger partial charge in [0.25, 0.3) is 5.91 Å². The summed E-state index contributed by atoms with van der Waals surface area (Å²) in [4.78, 5) is 13.5. The molecule has 0 heterocycles. The maximum atomic E-state index is 12.4. The van der Waals surface area contributed by atoms with E-state index in [0.29, 0.717) is 5.56 Å².